The minimum absolute atomic E-state index is 0.188. The maximum Gasteiger partial charge on any atom is 0.258 e. The van der Waals surface area contributed by atoms with Crippen molar-refractivity contribution in [2.24, 2.45) is 0 Å². The Morgan fingerprint density at radius 3 is 3.00 bits per heavy atom. The van der Waals surface area contributed by atoms with Crippen LogP contribution in [0.1, 0.15) is 10.6 Å². The first-order valence-corrected chi connectivity index (χ1v) is 6.93. The molecule has 0 aliphatic heterocycles. The molecule has 0 aliphatic carbocycles. The van der Waals surface area contributed by atoms with Crippen LogP contribution < -0.4 is 16.6 Å². The summed E-state index contributed by atoms with van der Waals surface area (Å²) in [7, 11) is 0. The predicted molar refractivity (Wildman–Crippen MR) is 81.0 cm³/mol. The number of aromatic amines is 1. The van der Waals surface area contributed by atoms with Crippen LogP contribution in [0.2, 0.25) is 0 Å². The van der Waals surface area contributed by atoms with Gasteiger partial charge >= 0.3 is 0 Å². The quantitative estimate of drug-likeness (QED) is 0.639. The van der Waals surface area contributed by atoms with E-state index in [4.69, 9.17) is 5.73 Å². The number of H-pyrrole nitrogens is 1. The molecule has 1 aromatic carbocycles. The molecule has 2 aromatic heterocycles. The molecule has 102 valence electrons. The van der Waals surface area contributed by atoms with Crippen molar-refractivity contribution in [3.8, 4) is 0 Å². The average Bonchev–Trinajstić information content (AvgIpc) is 2.83. The molecule has 2 heterocycles. The van der Waals surface area contributed by atoms with Crippen molar-refractivity contribution in [2.75, 3.05) is 11.1 Å². The molecule has 4 N–H and O–H groups in total. The zero-order valence-electron chi connectivity index (χ0n) is 10.8. The van der Waals surface area contributed by atoms with Crippen LogP contribution in [0.4, 0.5) is 11.4 Å². The molecule has 6 nitrogen and oxygen atoms in total. The number of nitrogens with zero attached hydrogens (tertiary/aromatic N) is 2. The Kier molecular flexibility index (Phi) is 3.11. The van der Waals surface area contributed by atoms with Crippen LogP contribution in [-0.4, -0.2) is 15.0 Å². The molecule has 0 radical (unpaired) electrons. The molecule has 0 saturated heterocycles. The van der Waals surface area contributed by atoms with Crippen LogP contribution in [0.5, 0.6) is 0 Å². The Morgan fingerprint density at radius 1 is 1.40 bits per heavy atom. The van der Waals surface area contributed by atoms with Crippen LogP contribution >= 0.6 is 11.3 Å². The van der Waals surface area contributed by atoms with Crippen LogP contribution in [0.3, 0.4) is 0 Å². The molecule has 0 atom stereocenters. The standard InChI is InChI=1S/C13H13N5OS/c1-7-12(20-6-18-7)4-15-11-3-10-8(2-9(11)14)13(19)17-5-16-10/h2-3,5-6,15H,4,14H2,1H3,(H,16,17,19). The largest absolute Gasteiger partial charge is 0.397 e. The summed E-state index contributed by atoms with van der Waals surface area (Å²) in [6.45, 7) is 2.62. The summed E-state index contributed by atoms with van der Waals surface area (Å²) < 4.78 is 0. The van der Waals surface area contributed by atoms with Crippen LogP contribution in [0.25, 0.3) is 10.9 Å². The van der Waals surface area contributed by atoms with Gasteiger partial charge < -0.3 is 16.0 Å². The van der Waals surface area contributed by atoms with Gasteiger partial charge in [-0.05, 0) is 19.1 Å². The molecule has 3 rings (SSSR count). The zero-order valence-corrected chi connectivity index (χ0v) is 11.6. The summed E-state index contributed by atoms with van der Waals surface area (Å²) in [6.07, 6.45) is 1.39. The van der Waals surface area contributed by atoms with Gasteiger partial charge in [-0.1, -0.05) is 0 Å². The Morgan fingerprint density at radius 2 is 2.25 bits per heavy atom. The summed E-state index contributed by atoms with van der Waals surface area (Å²) in [5.74, 6) is 0. The van der Waals surface area contributed by atoms with Gasteiger partial charge in [-0.15, -0.1) is 11.3 Å². The molecule has 0 saturated carbocycles. The fourth-order valence-corrected chi connectivity index (χ4v) is 2.67. The number of aryl methyl sites for hydroxylation is 1. The number of benzene rings is 1. The number of rotatable bonds is 3. The van der Waals surface area contributed by atoms with E-state index < -0.39 is 0 Å². The molecule has 0 spiro atoms. The smallest absolute Gasteiger partial charge is 0.258 e. The van der Waals surface area contributed by atoms with E-state index in [-0.39, 0.29) is 5.56 Å². The molecular formula is C13H13N5OS. The molecule has 0 amide bonds. The van der Waals surface area contributed by atoms with E-state index in [1.165, 1.54) is 6.33 Å². The predicted octanol–water partition coefficient (Wildman–Crippen LogP) is 1.88. The first-order chi connectivity index (χ1) is 9.65. The van der Waals surface area contributed by atoms with Gasteiger partial charge in [0, 0.05) is 4.88 Å². The number of thiazole rings is 1. The highest BCUT2D eigenvalue weighted by molar-refractivity contribution is 7.09. The van der Waals surface area contributed by atoms with Gasteiger partial charge in [-0.2, -0.15) is 0 Å². The number of hydrogen-bond acceptors (Lipinski definition) is 6. The molecule has 7 heteroatoms. The minimum atomic E-state index is -0.188. The van der Waals surface area contributed by atoms with Gasteiger partial charge in [0.15, 0.2) is 0 Å². The van der Waals surface area contributed by atoms with Crippen LogP contribution in [-0.2, 0) is 6.54 Å². The molecule has 20 heavy (non-hydrogen) atoms. The molecule has 3 aromatic rings. The number of nitrogens with two attached hydrogens (primary N) is 1. The zero-order chi connectivity index (χ0) is 14.1. The third kappa shape index (κ3) is 2.23. The fourth-order valence-electron chi connectivity index (χ4n) is 1.96. The Bertz CT molecular complexity index is 823. The lowest BCUT2D eigenvalue weighted by Crippen LogP contribution is -2.08. The van der Waals surface area contributed by atoms with E-state index in [2.05, 4.69) is 20.3 Å². The Labute approximate surface area is 118 Å². The Hall–Kier alpha value is -2.41. The van der Waals surface area contributed by atoms with Crippen molar-refractivity contribution < 1.29 is 0 Å². The topological polar surface area (TPSA) is 96.7 Å². The number of aromatic nitrogens is 3. The van der Waals surface area contributed by atoms with Gasteiger partial charge in [0.25, 0.3) is 5.56 Å². The second-order valence-corrected chi connectivity index (χ2v) is 5.34. The van der Waals surface area contributed by atoms with Crippen LogP contribution in [0, 0.1) is 6.92 Å². The summed E-state index contributed by atoms with van der Waals surface area (Å²) in [6, 6.07) is 3.43. The van der Waals surface area contributed by atoms with Crippen molar-refractivity contribution in [3.05, 3.63) is 44.9 Å². The van der Waals surface area contributed by atoms with Crippen molar-refractivity contribution in [1.82, 2.24) is 15.0 Å². The number of fused-ring (bicyclic) bond motifs is 1. The highest BCUT2D eigenvalue weighted by Gasteiger charge is 2.07. The average molecular weight is 287 g/mol. The molecular weight excluding hydrogens is 274 g/mol. The van der Waals surface area contributed by atoms with Gasteiger partial charge in [0.05, 0.1) is 46.4 Å². The maximum atomic E-state index is 11.7. The number of hydrogen-bond donors (Lipinski definition) is 3. The third-order valence-electron chi connectivity index (χ3n) is 3.10. The highest BCUT2D eigenvalue weighted by Crippen LogP contribution is 2.24. The maximum absolute atomic E-state index is 11.7. The van der Waals surface area contributed by atoms with Gasteiger partial charge in [0.2, 0.25) is 0 Å². The molecule has 0 bridgehead atoms. The minimum Gasteiger partial charge on any atom is -0.397 e. The van der Waals surface area contributed by atoms with E-state index >= 15 is 0 Å². The van der Waals surface area contributed by atoms with E-state index in [0.29, 0.717) is 23.1 Å². The van der Waals surface area contributed by atoms with Gasteiger partial charge in [-0.3, -0.25) is 4.79 Å². The van der Waals surface area contributed by atoms with Crippen molar-refractivity contribution in [2.45, 2.75) is 13.5 Å². The lowest BCUT2D eigenvalue weighted by molar-refractivity contribution is 1.12. The lowest BCUT2D eigenvalue weighted by atomic mass is 10.2. The number of nitrogens with one attached hydrogen (secondary N) is 2. The normalized spacial score (nSPS) is 10.8. The first-order valence-electron chi connectivity index (χ1n) is 6.05. The SMILES string of the molecule is Cc1ncsc1CNc1cc2nc[nH]c(=O)c2cc1N. The van der Waals surface area contributed by atoms with E-state index in [0.717, 1.165) is 16.3 Å². The van der Waals surface area contributed by atoms with E-state index in [9.17, 15) is 4.79 Å². The second-order valence-electron chi connectivity index (χ2n) is 4.40. The number of anilines is 2. The Balaban J connectivity index is 1.94. The summed E-state index contributed by atoms with van der Waals surface area (Å²) in [5.41, 5.74) is 10.5. The van der Waals surface area contributed by atoms with Crippen molar-refractivity contribution >= 4 is 33.6 Å². The summed E-state index contributed by atoms with van der Waals surface area (Å²) in [4.78, 5) is 23.7. The second kappa shape index (κ2) is 4.93. The highest BCUT2D eigenvalue weighted by atomic mass is 32.1. The van der Waals surface area contributed by atoms with Crippen LogP contribution in [0.15, 0.2) is 28.8 Å². The molecule has 0 unspecified atom stereocenters. The van der Waals surface area contributed by atoms with Gasteiger partial charge in [-0.25, -0.2) is 9.97 Å². The fraction of sp³-hybridized carbons (Fsp3) is 0.154. The monoisotopic (exact) mass is 287 g/mol. The van der Waals surface area contributed by atoms with E-state index in [1.54, 1.807) is 23.5 Å². The summed E-state index contributed by atoms with van der Waals surface area (Å²) in [5, 5.41) is 3.75. The number of nitrogen functional groups attached to an aromatic ring is 1. The third-order valence-corrected chi connectivity index (χ3v) is 4.03. The van der Waals surface area contributed by atoms with Crippen molar-refractivity contribution in [3.63, 3.8) is 0 Å². The molecule has 0 aliphatic rings. The van der Waals surface area contributed by atoms with Gasteiger partial charge in [0.1, 0.15) is 0 Å². The van der Waals surface area contributed by atoms with Crippen molar-refractivity contribution in [1.29, 1.82) is 0 Å². The summed E-state index contributed by atoms with van der Waals surface area (Å²) >= 11 is 1.60. The van der Waals surface area contributed by atoms with E-state index in [1.807, 2.05) is 12.4 Å². The first kappa shape index (κ1) is 12.6. The molecule has 0 fully saturated rings. The lowest BCUT2D eigenvalue weighted by Gasteiger charge is -2.09.